The van der Waals surface area contributed by atoms with Crippen molar-refractivity contribution in [2.45, 2.75) is 77.7 Å². The third-order valence-electron chi connectivity index (χ3n) is 5.09. The van der Waals surface area contributed by atoms with Gasteiger partial charge in [0.2, 0.25) is 5.91 Å². The van der Waals surface area contributed by atoms with E-state index in [1.54, 1.807) is 0 Å². The molecule has 1 atom stereocenters. The van der Waals surface area contributed by atoms with Gasteiger partial charge in [-0.2, -0.15) is 0 Å². The lowest BCUT2D eigenvalue weighted by atomic mass is 9.85. The Labute approximate surface area is 170 Å². The maximum absolute atomic E-state index is 11.6. The molecule has 5 nitrogen and oxygen atoms in total. The quantitative estimate of drug-likeness (QED) is 0.212. The van der Waals surface area contributed by atoms with Crippen LogP contribution in [0.15, 0.2) is 4.99 Å². The molecule has 2 saturated carbocycles. The molecule has 0 aliphatic heterocycles. The number of amides is 1. The number of carbonyl (C=O) groups excluding carboxylic acids is 1. The van der Waals surface area contributed by atoms with Crippen LogP contribution in [0.25, 0.3) is 0 Å². The predicted octanol–water partition coefficient (Wildman–Crippen LogP) is 3.43. The summed E-state index contributed by atoms with van der Waals surface area (Å²) in [5.41, 5.74) is 0. The second kappa shape index (κ2) is 12.8. The van der Waals surface area contributed by atoms with Gasteiger partial charge in [0.1, 0.15) is 0 Å². The minimum atomic E-state index is 0. The molecule has 0 radical (unpaired) electrons. The molecule has 1 unspecified atom stereocenters. The molecule has 0 bridgehead atoms. The molecule has 0 aromatic carbocycles. The second-order valence-corrected chi connectivity index (χ2v) is 7.45. The predicted molar refractivity (Wildman–Crippen MR) is 116 cm³/mol. The maximum Gasteiger partial charge on any atom is 0.223 e. The van der Waals surface area contributed by atoms with Crippen LogP contribution in [0.1, 0.15) is 71.6 Å². The molecule has 2 aliphatic carbocycles. The van der Waals surface area contributed by atoms with Crippen molar-refractivity contribution < 1.29 is 4.79 Å². The van der Waals surface area contributed by atoms with Gasteiger partial charge in [0.05, 0.1) is 6.54 Å². The summed E-state index contributed by atoms with van der Waals surface area (Å²) in [6.07, 6.45) is 11.7. The summed E-state index contributed by atoms with van der Waals surface area (Å²) in [7, 11) is 0. The van der Waals surface area contributed by atoms with Crippen LogP contribution in [0, 0.1) is 11.8 Å². The molecule has 2 fully saturated rings. The lowest BCUT2D eigenvalue weighted by molar-refractivity contribution is -0.122. The maximum atomic E-state index is 11.6. The van der Waals surface area contributed by atoms with E-state index in [0.29, 0.717) is 19.1 Å². The van der Waals surface area contributed by atoms with E-state index in [9.17, 15) is 4.79 Å². The molecular weight excluding hydrogens is 427 g/mol. The number of carbonyl (C=O) groups is 1. The Morgan fingerprint density at radius 2 is 1.84 bits per heavy atom. The summed E-state index contributed by atoms with van der Waals surface area (Å²) in [6, 6.07) is 0.436. The third kappa shape index (κ3) is 9.66. The number of nitrogens with one attached hydrogen (secondary N) is 3. The fourth-order valence-corrected chi connectivity index (χ4v) is 3.42. The van der Waals surface area contributed by atoms with Gasteiger partial charge in [0, 0.05) is 25.0 Å². The van der Waals surface area contributed by atoms with Crippen molar-refractivity contribution in [2.75, 3.05) is 19.6 Å². The number of hydrogen-bond donors (Lipinski definition) is 3. The zero-order chi connectivity index (χ0) is 17.2. The zero-order valence-corrected chi connectivity index (χ0v) is 18.3. The first kappa shape index (κ1) is 22.5. The third-order valence-corrected chi connectivity index (χ3v) is 5.09. The number of nitrogens with zero attached hydrogens (tertiary/aromatic N) is 1. The first-order chi connectivity index (χ1) is 11.7. The van der Waals surface area contributed by atoms with Gasteiger partial charge in [-0.3, -0.25) is 9.79 Å². The molecule has 3 N–H and O–H groups in total. The average Bonchev–Trinajstić information content (AvgIpc) is 3.43. The van der Waals surface area contributed by atoms with Crippen LogP contribution in [-0.2, 0) is 4.79 Å². The first-order valence-electron chi connectivity index (χ1n) is 10.0. The molecule has 0 aromatic heterocycles. The van der Waals surface area contributed by atoms with Gasteiger partial charge >= 0.3 is 0 Å². The second-order valence-electron chi connectivity index (χ2n) is 7.45. The molecule has 1 amide bonds. The van der Waals surface area contributed by atoms with Crippen molar-refractivity contribution in [3.63, 3.8) is 0 Å². The molecular formula is C19H37IN4O. The number of aliphatic imine (C=N–C) groups is 1. The summed E-state index contributed by atoms with van der Waals surface area (Å²) < 4.78 is 0. The van der Waals surface area contributed by atoms with E-state index in [-0.39, 0.29) is 35.8 Å². The topological polar surface area (TPSA) is 65.5 Å². The van der Waals surface area contributed by atoms with Gasteiger partial charge in [-0.05, 0) is 45.4 Å². The van der Waals surface area contributed by atoms with Crippen molar-refractivity contribution >= 4 is 35.8 Å². The van der Waals surface area contributed by atoms with Crippen LogP contribution in [0.3, 0.4) is 0 Å². The Kier molecular flexibility index (Phi) is 11.5. The van der Waals surface area contributed by atoms with Crippen LogP contribution in [0.5, 0.6) is 0 Å². The van der Waals surface area contributed by atoms with Gasteiger partial charge < -0.3 is 16.0 Å². The van der Waals surface area contributed by atoms with Crippen LogP contribution < -0.4 is 16.0 Å². The van der Waals surface area contributed by atoms with E-state index in [0.717, 1.165) is 31.3 Å². The highest BCUT2D eigenvalue weighted by molar-refractivity contribution is 14.0. The normalized spacial score (nSPS) is 19.7. The molecule has 2 rings (SSSR count). The Morgan fingerprint density at radius 1 is 1.12 bits per heavy atom. The summed E-state index contributed by atoms with van der Waals surface area (Å²) in [5, 5.41) is 9.77. The van der Waals surface area contributed by atoms with Gasteiger partial charge in [-0.1, -0.05) is 32.1 Å². The number of halogens is 1. The van der Waals surface area contributed by atoms with Crippen LogP contribution in [0.4, 0.5) is 0 Å². The Hall–Kier alpha value is -0.530. The monoisotopic (exact) mass is 464 g/mol. The van der Waals surface area contributed by atoms with Crippen LogP contribution in [-0.4, -0.2) is 37.5 Å². The van der Waals surface area contributed by atoms with Crippen molar-refractivity contribution in [3.8, 4) is 0 Å². The van der Waals surface area contributed by atoms with Crippen LogP contribution in [0.2, 0.25) is 0 Å². The Bertz CT molecular complexity index is 406. The number of hydrogen-bond acceptors (Lipinski definition) is 2. The fourth-order valence-electron chi connectivity index (χ4n) is 3.42. The van der Waals surface area contributed by atoms with Gasteiger partial charge in [0.25, 0.3) is 0 Å². The average molecular weight is 464 g/mol. The minimum Gasteiger partial charge on any atom is -0.357 e. The fraction of sp³-hybridized carbons (Fsp3) is 0.895. The highest BCUT2D eigenvalue weighted by atomic mass is 127. The van der Waals surface area contributed by atoms with Crippen LogP contribution >= 0.6 is 24.0 Å². The van der Waals surface area contributed by atoms with Crippen molar-refractivity contribution in [2.24, 2.45) is 16.8 Å². The SMILES string of the molecule is CCNC(=NCCNC(=O)C1CC1)NC(C)CCC1CCCCC1.I. The molecule has 0 spiro atoms. The summed E-state index contributed by atoms with van der Waals surface area (Å²) in [5.74, 6) is 2.28. The molecule has 0 saturated heterocycles. The van der Waals surface area contributed by atoms with E-state index in [1.807, 2.05) is 0 Å². The van der Waals surface area contributed by atoms with Crippen molar-refractivity contribution in [1.29, 1.82) is 0 Å². The summed E-state index contributed by atoms with van der Waals surface area (Å²) >= 11 is 0. The zero-order valence-electron chi connectivity index (χ0n) is 16.0. The molecule has 2 aliphatic rings. The Balaban J connectivity index is 0.00000312. The van der Waals surface area contributed by atoms with Gasteiger partial charge in [0.15, 0.2) is 5.96 Å². The van der Waals surface area contributed by atoms with Crippen molar-refractivity contribution in [1.82, 2.24) is 16.0 Å². The number of guanidine groups is 1. The lowest BCUT2D eigenvalue weighted by Crippen LogP contribution is -2.42. The van der Waals surface area contributed by atoms with Gasteiger partial charge in [-0.25, -0.2) is 0 Å². The summed E-state index contributed by atoms with van der Waals surface area (Å²) in [6.45, 7) is 6.43. The molecule has 6 heteroatoms. The van der Waals surface area contributed by atoms with E-state index in [4.69, 9.17) is 0 Å². The van der Waals surface area contributed by atoms with E-state index >= 15 is 0 Å². The molecule has 146 valence electrons. The molecule has 0 heterocycles. The highest BCUT2D eigenvalue weighted by Crippen LogP contribution is 2.28. The smallest absolute Gasteiger partial charge is 0.223 e. The largest absolute Gasteiger partial charge is 0.357 e. The van der Waals surface area contributed by atoms with Crippen molar-refractivity contribution in [3.05, 3.63) is 0 Å². The Morgan fingerprint density at radius 3 is 2.48 bits per heavy atom. The van der Waals surface area contributed by atoms with E-state index in [2.05, 4.69) is 34.8 Å². The minimum absolute atomic E-state index is 0. The van der Waals surface area contributed by atoms with E-state index < -0.39 is 0 Å². The standard InChI is InChI=1S/C19H36N4O.HI/c1-3-20-19(22-14-13-21-18(24)17-11-12-17)23-15(2)9-10-16-7-5-4-6-8-16;/h15-17H,3-14H2,1-2H3,(H,21,24)(H2,20,22,23);1H. The lowest BCUT2D eigenvalue weighted by Gasteiger charge is -2.24. The molecule has 0 aromatic rings. The summed E-state index contributed by atoms with van der Waals surface area (Å²) in [4.78, 5) is 16.2. The first-order valence-corrected chi connectivity index (χ1v) is 10.0. The number of rotatable bonds is 9. The van der Waals surface area contributed by atoms with E-state index in [1.165, 1.54) is 44.9 Å². The van der Waals surface area contributed by atoms with Gasteiger partial charge in [-0.15, -0.1) is 24.0 Å². The highest BCUT2D eigenvalue weighted by Gasteiger charge is 2.28. The molecule has 25 heavy (non-hydrogen) atoms.